The Morgan fingerprint density at radius 1 is 1.60 bits per heavy atom. The van der Waals surface area contributed by atoms with Gasteiger partial charge in [-0.2, -0.15) is 0 Å². The van der Waals surface area contributed by atoms with Gasteiger partial charge in [0.25, 0.3) is 0 Å². The molecule has 1 aliphatic heterocycles. The zero-order valence-electron chi connectivity index (χ0n) is 6.85. The molecule has 0 bridgehead atoms. The lowest BCUT2D eigenvalue weighted by molar-refractivity contribution is 0.185. The second-order valence-corrected chi connectivity index (χ2v) is 3.64. The number of hydrogen-bond acceptors (Lipinski definition) is 2. The fraction of sp³-hybridized carbons (Fsp3) is 0.875. The van der Waals surface area contributed by atoms with Crippen molar-refractivity contribution in [2.24, 2.45) is 5.41 Å². The van der Waals surface area contributed by atoms with Crippen LogP contribution >= 0.6 is 0 Å². The van der Waals surface area contributed by atoms with E-state index < -0.39 is 0 Å². The van der Waals surface area contributed by atoms with Crippen molar-refractivity contribution in [3.05, 3.63) is 0 Å². The standard InChI is InChI=1S/C8H16N2/c1-8(6-9)4-3-5-10(2)7-8/h6,9H,3-5,7H2,1-2H3. The largest absolute Gasteiger partial charge is 0.312 e. The van der Waals surface area contributed by atoms with E-state index in [0.717, 1.165) is 6.54 Å². The van der Waals surface area contributed by atoms with Crippen molar-refractivity contribution in [1.29, 1.82) is 5.41 Å². The molecule has 0 spiro atoms. The third-order valence-corrected chi connectivity index (χ3v) is 2.27. The van der Waals surface area contributed by atoms with E-state index in [1.807, 2.05) is 0 Å². The Kier molecular flexibility index (Phi) is 2.09. The zero-order chi connectivity index (χ0) is 7.61. The van der Waals surface area contributed by atoms with Gasteiger partial charge in [0.05, 0.1) is 0 Å². The molecule has 0 radical (unpaired) electrons. The van der Waals surface area contributed by atoms with Gasteiger partial charge in [0.15, 0.2) is 0 Å². The van der Waals surface area contributed by atoms with Crippen molar-refractivity contribution < 1.29 is 0 Å². The molecule has 0 aromatic heterocycles. The van der Waals surface area contributed by atoms with E-state index >= 15 is 0 Å². The molecule has 1 fully saturated rings. The molecule has 0 aromatic rings. The molecule has 1 rings (SSSR count). The van der Waals surface area contributed by atoms with Crippen LogP contribution in [0.2, 0.25) is 0 Å². The minimum atomic E-state index is 0.160. The molecule has 1 saturated heterocycles. The molecule has 0 aromatic carbocycles. The fourth-order valence-corrected chi connectivity index (χ4v) is 1.65. The number of rotatable bonds is 1. The van der Waals surface area contributed by atoms with E-state index in [2.05, 4.69) is 18.9 Å². The number of nitrogens with zero attached hydrogens (tertiary/aromatic N) is 1. The normalized spacial score (nSPS) is 35.8. The first kappa shape index (κ1) is 7.73. The molecule has 0 saturated carbocycles. The molecule has 0 aliphatic carbocycles. The van der Waals surface area contributed by atoms with Crippen LogP contribution in [0.5, 0.6) is 0 Å². The quantitative estimate of drug-likeness (QED) is 0.547. The summed E-state index contributed by atoms with van der Waals surface area (Å²) in [5.41, 5.74) is 0.160. The van der Waals surface area contributed by atoms with E-state index in [4.69, 9.17) is 5.41 Å². The number of likely N-dealkylation sites (tertiary alicyclic amines) is 1. The van der Waals surface area contributed by atoms with Crippen LogP contribution in [-0.4, -0.2) is 31.3 Å². The van der Waals surface area contributed by atoms with E-state index in [9.17, 15) is 0 Å². The lowest BCUT2D eigenvalue weighted by Crippen LogP contribution is -2.39. The summed E-state index contributed by atoms with van der Waals surface area (Å²) in [6.07, 6.45) is 4.02. The van der Waals surface area contributed by atoms with Crippen molar-refractivity contribution in [3.8, 4) is 0 Å². The maximum Gasteiger partial charge on any atom is 0.0149 e. The number of nitrogens with one attached hydrogen (secondary N) is 1. The van der Waals surface area contributed by atoms with E-state index in [-0.39, 0.29) is 5.41 Å². The Bertz CT molecular complexity index is 133. The Morgan fingerprint density at radius 2 is 2.30 bits per heavy atom. The van der Waals surface area contributed by atoms with Gasteiger partial charge in [-0.05, 0) is 26.4 Å². The average Bonchev–Trinajstić information content (AvgIpc) is 1.88. The second-order valence-electron chi connectivity index (χ2n) is 3.64. The lowest BCUT2D eigenvalue weighted by atomic mass is 9.83. The molecule has 2 heteroatoms. The summed E-state index contributed by atoms with van der Waals surface area (Å²) in [6.45, 7) is 4.41. The molecule has 58 valence electrons. The van der Waals surface area contributed by atoms with E-state index in [1.54, 1.807) is 6.21 Å². The molecule has 1 atom stereocenters. The van der Waals surface area contributed by atoms with Gasteiger partial charge in [-0.15, -0.1) is 0 Å². The number of piperidine rings is 1. The minimum Gasteiger partial charge on any atom is -0.312 e. The minimum absolute atomic E-state index is 0.160. The first-order valence-corrected chi connectivity index (χ1v) is 3.86. The predicted molar refractivity (Wildman–Crippen MR) is 43.6 cm³/mol. The maximum atomic E-state index is 7.23. The highest BCUT2D eigenvalue weighted by Gasteiger charge is 2.26. The van der Waals surface area contributed by atoms with Crippen molar-refractivity contribution >= 4 is 6.21 Å². The van der Waals surface area contributed by atoms with Crippen LogP contribution in [0.3, 0.4) is 0 Å². The summed E-state index contributed by atoms with van der Waals surface area (Å²) in [5.74, 6) is 0. The highest BCUT2D eigenvalue weighted by Crippen LogP contribution is 2.25. The molecule has 1 unspecified atom stereocenters. The number of hydrogen-bond donors (Lipinski definition) is 1. The maximum absolute atomic E-state index is 7.23. The second kappa shape index (κ2) is 2.70. The Hall–Kier alpha value is -0.370. The first-order chi connectivity index (χ1) is 4.66. The Morgan fingerprint density at radius 3 is 2.70 bits per heavy atom. The van der Waals surface area contributed by atoms with Crippen LogP contribution in [0.1, 0.15) is 19.8 Å². The van der Waals surface area contributed by atoms with Crippen LogP contribution in [0.4, 0.5) is 0 Å². The third-order valence-electron chi connectivity index (χ3n) is 2.27. The van der Waals surface area contributed by atoms with Crippen molar-refractivity contribution in [3.63, 3.8) is 0 Å². The van der Waals surface area contributed by atoms with E-state index in [1.165, 1.54) is 19.4 Å². The van der Waals surface area contributed by atoms with Gasteiger partial charge in [-0.3, -0.25) is 0 Å². The Labute approximate surface area is 62.7 Å². The van der Waals surface area contributed by atoms with Crippen molar-refractivity contribution in [1.82, 2.24) is 4.90 Å². The molecule has 10 heavy (non-hydrogen) atoms. The molecule has 0 amide bonds. The SMILES string of the molecule is CN1CCCC(C)(C=N)C1. The highest BCUT2D eigenvalue weighted by molar-refractivity contribution is 5.62. The summed E-state index contributed by atoms with van der Waals surface area (Å²) >= 11 is 0. The van der Waals surface area contributed by atoms with Gasteiger partial charge in [0, 0.05) is 18.2 Å². The van der Waals surface area contributed by atoms with Crippen molar-refractivity contribution in [2.75, 3.05) is 20.1 Å². The lowest BCUT2D eigenvalue weighted by Gasteiger charge is -2.35. The van der Waals surface area contributed by atoms with Crippen LogP contribution in [-0.2, 0) is 0 Å². The van der Waals surface area contributed by atoms with Crippen LogP contribution < -0.4 is 0 Å². The third kappa shape index (κ3) is 1.57. The molecular formula is C8H16N2. The van der Waals surface area contributed by atoms with Gasteiger partial charge >= 0.3 is 0 Å². The summed E-state index contributed by atoms with van der Waals surface area (Å²) in [7, 11) is 2.13. The fourth-order valence-electron chi connectivity index (χ4n) is 1.65. The van der Waals surface area contributed by atoms with Gasteiger partial charge < -0.3 is 10.3 Å². The van der Waals surface area contributed by atoms with Gasteiger partial charge in [-0.1, -0.05) is 6.92 Å². The first-order valence-electron chi connectivity index (χ1n) is 3.86. The van der Waals surface area contributed by atoms with Crippen LogP contribution in [0, 0.1) is 10.8 Å². The van der Waals surface area contributed by atoms with E-state index in [0.29, 0.717) is 0 Å². The van der Waals surface area contributed by atoms with Crippen molar-refractivity contribution in [2.45, 2.75) is 19.8 Å². The molecule has 1 N–H and O–H groups in total. The van der Waals surface area contributed by atoms with Gasteiger partial charge in [-0.25, -0.2) is 0 Å². The van der Waals surface area contributed by atoms with Crippen LogP contribution in [0.25, 0.3) is 0 Å². The molecule has 2 nitrogen and oxygen atoms in total. The Balaban J connectivity index is 2.53. The van der Waals surface area contributed by atoms with Gasteiger partial charge in [0.2, 0.25) is 0 Å². The summed E-state index contributed by atoms with van der Waals surface area (Å²) in [5, 5.41) is 7.23. The van der Waals surface area contributed by atoms with Gasteiger partial charge in [0.1, 0.15) is 0 Å². The summed E-state index contributed by atoms with van der Waals surface area (Å²) in [6, 6.07) is 0. The molecule has 1 heterocycles. The van der Waals surface area contributed by atoms with Crippen LogP contribution in [0.15, 0.2) is 0 Å². The monoisotopic (exact) mass is 140 g/mol. The smallest absolute Gasteiger partial charge is 0.0149 e. The molecular weight excluding hydrogens is 124 g/mol. The summed E-state index contributed by atoms with van der Waals surface area (Å²) < 4.78 is 0. The highest BCUT2D eigenvalue weighted by atomic mass is 15.1. The topological polar surface area (TPSA) is 27.1 Å². The zero-order valence-corrected chi connectivity index (χ0v) is 6.85. The molecule has 1 aliphatic rings. The summed E-state index contributed by atoms with van der Waals surface area (Å²) in [4.78, 5) is 2.30. The predicted octanol–water partition coefficient (Wildman–Crippen LogP) is 1.37. The average molecular weight is 140 g/mol.